The molecule has 1 aliphatic rings. The van der Waals surface area contributed by atoms with Gasteiger partial charge in [-0.05, 0) is 12.1 Å². The first kappa shape index (κ1) is 17.0. The number of hydrogen-bond donors (Lipinski definition) is 1. The van der Waals surface area contributed by atoms with Gasteiger partial charge in [0.1, 0.15) is 18.2 Å². The number of rotatable bonds is 4. The molecule has 1 aromatic rings. The molecular weight excluding hydrogens is 376 g/mol. The quantitative estimate of drug-likeness (QED) is 0.363. The van der Waals surface area contributed by atoms with Gasteiger partial charge in [-0.3, -0.25) is 0 Å². The van der Waals surface area contributed by atoms with Gasteiger partial charge in [-0.25, -0.2) is 9.38 Å². The molecule has 5 nitrogen and oxygen atoms in total. The molecular formula is C13H19FIN3O2. The number of halogens is 2. The zero-order valence-corrected chi connectivity index (χ0v) is 13.5. The van der Waals surface area contributed by atoms with Crippen molar-refractivity contribution in [2.24, 2.45) is 10.7 Å². The predicted octanol–water partition coefficient (Wildman–Crippen LogP) is 1.47. The Bertz CT molecular complexity index is 439. The lowest BCUT2D eigenvalue weighted by molar-refractivity contribution is 0.0674. The van der Waals surface area contributed by atoms with Gasteiger partial charge in [0.2, 0.25) is 0 Å². The maximum atomic E-state index is 12.9. The van der Waals surface area contributed by atoms with Crippen LogP contribution in [0.3, 0.4) is 0 Å². The fraction of sp³-hybridized carbons (Fsp3) is 0.462. The number of benzene rings is 1. The molecule has 1 heterocycles. The summed E-state index contributed by atoms with van der Waals surface area (Å²) in [5.74, 6) is 0.695. The summed E-state index contributed by atoms with van der Waals surface area (Å²) in [4.78, 5) is 6.21. The van der Waals surface area contributed by atoms with Crippen molar-refractivity contribution in [2.75, 3.05) is 39.5 Å². The molecule has 20 heavy (non-hydrogen) atoms. The van der Waals surface area contributed by atoms with E-state index in [0.29, 0.717) is 38.1 Å². The largest absolute Gasteiger partial charge is 0.492 e. The summed E-state index contributed by atoms with van der Waals surface area (Å²) in [5, 5.41) is 0. The molecule has 0 amide bonds. The molecule has 0 bridgehead atoms. The zero-order valence-electron chi connectivity index (χ0n) is 11.1. The molecule has 0 aliphatic carbocycles. The highest BCUT2D eigenvalue weighted by atomic mass is 127. The fourth-order valence-corrected chi connectivity index (χ4v) is 1.77. The number of ether oxygens (including phenoxy) is 2. The van der Waals surface area contributed by atoms with Gasteiger partial charge in [-0.1, -0.05) is 6.07 Å². The average molecular weight is 395 g/mol. The minimum Gasteiger partial charge on any atom is -0.492 e. The molecule has 1 aliphatic heterocycles. The van der Waals surface area contributed by atoms with Gasteiger partial charge in [0, 0.05) is 19.2 Å². The molecule has 0 saturated carbocycles. The van der Waals surface area contributed by atoms with Crippen molar-refractivity contribution < 1.29 is 13.9 Å². The van der Waals surface area contributed by atoms with Gasteiger partial charge >= 0.3 is 0 Å². The van der Waals surface area contributed by atoms with Crippen molar-refractivity contribution in [3.63, 3.8) is 0 Å². The topological polar surface area (TPSA) is 60.1 Å². The number of nitrogens with two attached hydrogens (primary N) is 1. The van der Waals surface area contributed by atoms with E-state index in [1.54, 1.807) is 12.1 Å². The third kappa shape index (κ3) is 5.49. The SMILES string of the molecule is I.NC(=NCCOc1cccc(F)c1)N1CCOCC1. The van der Waals surface area contributed by atoms with E-state index in [2.05, 4.69) is 4.99 Å². The van der Waals surface area contributed by atoms with Gasteiger partial charge < -0.3 is 20.1 Å². The molecule has 7 heteroatoms. The first-order valence-electron chi connectivity index (χ1n) is 6.27. The Kier molecular flexibility index (Phi) is 7.60. The van der Waals surface area contributed by atoms with E-state index in [4.69, 9.17) is 15.2 Å². The monoisotopic (exact) mass is 395 g/mol. The second kappa shape index (κ2) is 8.96. The Morgan fingerprint density at radius 3 is 2.85 bits per heavy atom. The second-order valence-corrected chi connectivity index (χ2v) is 4.15. The Morgan fingerprint density at radius 1 is 1.40 bits per heavy atom. The maximum Gasteiger partial charge on any atom is 0.191 e. The van der Waals surface area contributed by atoms with E-state index >= 15 is 0 Å². The van der Waals surface area contributed by atoms with Gasteiger partial charge in [-0.15, -0.1) is 24.0 Å². The van der Waals surface area contributed by atoms with Crippen LogP contribution in [0.5, 0.6) is 5.75 Å². The minimum absolute atomic E-state index is 0. The first-order chi connectivity index (χ1) is 9.25. The Balaban J connectivity index is 0.00000200. The summed E-state index contributed by atoms with van der Waals surface area (Å²) in [6.45, 7) is 3.69. The molecule has 2 N–H and O–H groups in total. The van der Waals surface area contributed by atoms with Gasteiger partial charge in [-0.2, -0.15) is 0 Å². The minimum atomic E-state index is -0.311. The second-order valence-electron chi connectivity index (χ2n) is 4.15. The van der Waals surface area contributed by atoms with Crippen LogP contribution < -0.4 is 10.5 Å². The summed E-state index contributed by atoms with van der Waals surface area (Å²) >= 11 is 0. The molecule has 1 aromatic carbocycles. The molecule has 0 spiro atoms. The highest BCUT2D eigenvalue weighted by Gasteiger charge is 2.11. The number of morpholine rings is 1. The van der Waals surface area contributed by atoms with Crippen molar-refractivity contribution >= 4 is 29.9 Å². The average Bonchev–Trinajstić information content (AvgIpc) is 2.44. The van der Waals surface area contributed by atoms with Crippen LogP contribution in [-0.4, -0.2) is 50.3 Å². The first-order valence-corrected chi connectivity index (χ1v) is 6.27. The fourth-order valence-electron chi connectivity index (χ4n) is 1.77. The lowest BCUT2D eigenvalue weighted by Gasteiger charge is -2.27. The zero-order chi connectivity index (χ0) is 13.5. The van der Waals surface area contributed by atoms with Crippen molar-refractivity contribution in [3.05, 3.63) is 30.1 Å². The highest BCUT2D eigenvalue weighted by molar-refractivity contribution is 14.0. The Hall–Kier alpha value is -1.09. The normalized spacial score (nSPS) is 15.7. The summed E-state index contributed by atoms with van der Waals surface area (Å²) < 4.78 is 23.5. The highest BCUT2D eigenvalue weighted by Crippen LogP contribution is 2.11. The van der Waals surface area contributed by atoms with E-state index in [1.165, 1.54) is 12.1 Å². The van der Waals surface area contributed by atoms with Crippen molar-refractivity contribution in [1.82, 2.24) is 4.90 Å². The van der Waals surface area contributed by atoms with Crippen molar-refractivity contribution in [3.8, 4) is 5.75 Å². The molecule has 1 saturated heterocycles. The van der Waals surface area contributed by atoms with Crippen LogP contribution in [0, 0.1) is 5.82 Å². The Labute approximate surface area is 135 Å². The lowest BCUT2D eigenvalue weighted by atomic mass is 10.3. The standard InChI is InChI=1S/C13H18FN3O2.HI/c14-11-2-1-3-12(10-11)19-7-4-16-13(15)17-5-8-18-9-6-17;/h1-3,10H,4-9H2,(H2,15,16);1H. The number of guanidine groups is 1. The van der Waals surface area contributed by atoms with Crippen molar-refractivity contribution in [1.29, 1.82) is 0 Å². The van der Waals surface area contributed by atoms with E-state index in [9.17, 15) is 4.39 Å². The smallest absolute Gasteiger partial charge is 0.191 e. The van der Waals surface area contributed by atoms with Gasteiger partial charge in [0.05, 0.1) is 19.8 Å². The molecule has 0 unspecified atom stereocenters. The summed E-state index contributed by atoms with van der Waals surface area (Å²) in [5.41, 5.74) is 5.86. The van der Waals surface area contributed by atoms with Crippen LogP contribution in [-0.2, 0) is 4.74 Å². The summed E-state index contributed by atoms with van der Waals surface area (Å²) in [6.07, 6.45) is 0. The summed E-state index contributed by atoms with van der Waals surface area (Å²) in [7, 11) is 0. The van der Waals surface area contributed by atoms with E-state index in [1.807, 2.05) is 4.90 Å². The third-order valence-electron chi connectivity index (χ3n) is 2.76. The number of hydrogen-bond acceptors (Lipinski definition) is 3. The van der Waals surface area contributed by atoms with Crippen LogP contribution in [0.25, 0.3) is 0 Å². The summed E-state index contributed by atoms with van der Waals surface area (Å²) in [6, 6.07) is 6.03. The molecule has 0 aromatic heterocycles. The van der Waals surface area contributed by atoms with Crippen LogP contribution in [0.2, 0.25) is 0 Å². The van der Waals surface area contributed by atoms with E-state index < -0.39 is 0 Å². The predicted molar refractivity (Wildman–Crippen MR) is 86.2 cm³/mol. The van der Waals surface area contributed by atoms with Crippen LogP contribution >= 0.6 is 24.0 Å². The lowest BCUT2D eigenvalue weighted by Crippen LogP contribution is -2.45. The molecule has 0 radical (unpaired) electrons. The van der Waals surface area contributed by atoms with E-state index in [0.717, 1.165) is 13.1 Å². The molecule has 2 rings (SSSR count). The van der Waals surface area contributed by atoms with Crippen LogP contribution in [0.4, 0.5) is 4.39 Å². The van der Waals surface area contributed by atoms with Crippen LogP contribution in [0.1, 0.15) is 0 Å². The Morgan fingerprint density at radius 2 is 2.15 bits per heavy atom. The van der Waals surface area contributed by atoms with Crippen molar-refractivity contribution in [2.45, 2.75) is 0 Å². The number of nitrogens with zero attached hydrogens (tertiary/aromatic N) is 2. The molecule has 1 fully saturated rings. The third-order valence-corrected chi connectivity index (χ3v) is 2.76. The van der Waals surface area contributed by atoms with Crippen LogP contribution in [0.15, 0.2) is 29.3 Å². The maximum absolute atomic E-state index is 12.9. The van der Waals surface area contributed by atoms with E-state index in [-0.39, 0.29) is 29.8 Å². The van der Waals surface area contributed by atoms with Gasteiger partial charge in [0.15, 0.2) is 5.96 Å². The number of aliphatic imine (C=N–C) groups is 1. The molecule has 0 atom stereocenters. The van der Waals surface area contributed by atoms with Gasteiger partial charge in [0.25, 0.3) is 0 Å². The molecule has 112 valence electrons.